The Morgan fingerprint density at radius 2 is 1.80 bits per heavy atom. The second kappa shape index (κ2) is 3.01. The summed E-state index contributed by atoms with van der Waals surface area (Å²) in [6.45, 7) is 8.77. The molecule has 0 saturated heterocycles. The van der Waals surface area contributed by atoms with E-state index in [9.17, 15) is 5.11 Å². The highest BCUT2D eigenvalue weighted by Crippen LogP contribution is 2.72. The fourth-order valence-electron chi connectivity index (χ4n) is 2.67. The van der Waals surface area contributed by atoms with E-state index in [1.165, 1.54) is 0 Å². The van der Waals surface area contributed by atoms with Gasteiger partial charge in [0, 0.05) is 18.3 Å². The van der Waals surface area contributed by atoms with E-state index in [4.69, 9.17) is 0 Å². The summed E-state index contributed by atoms with van der Waals surface area (Å²) in [7, 11) is 0. The third-order valence-corrected chi connectivity index (χ3v) is 4.33. The molecule has 1 N–H and O–H groups in total. The van der Waals surface area contributed by atoms with Crippen molar-refractivity contribution in [1.29, 1.82) is 0 Å². The summed E-state index contributed by atoms with van der Waals surface area (Å²) < 4.78 is 0. The van der Waals surface area contributed by atoms with Crippen molar-refractivity contribution in [3.63, 3.8) is 0 Å². The van der Waals surface area contributed by atoms with Crippen molar-refractivity contribution >= 4 is 0 Å². The van der Waals surface area contributed by atoms with Crippen molar-refractivity contribution in [3.05, 3.63) is 24.3 Å². The van der Waals surface area contributed by atoms with E-state index in [0.717, 1.165) is 0 Å². The van der Waals surface area contributed by atoms with Gasteiger partial charge in [0.1, 0.15) is 6.10 Å². The number of nitrogens with zero attached hydrogens (tertiary/aromatic N) is 2. The molecule has 1 aromatic rings. The van der Waals surface area contributed by atoms with Crippen molar-refractivity contribution < 1.29 is 5.11 Å². The van der Waals surface area contributed by atoms with Crippen molar-refractivity contribution in [2.45, 2.75) is 33.8 Å². The van der Waals surface area contributed by atoms with E-state index in [-0.39, 0.29) is 16.7 Å². The Balaban J connectivity index is 2.22. The summed E-state index contributed by atoms with van der Waals surface area (Å²) in [6.07, 6.45) is 4.40. The van der Waals surface area contributed by atoms with Crippen molar-refractivity contribution in [3.8, 4) is 0 Å². The minimum absolute atomic E-state index is 0.171. The molecule has 1 aliphatic carbocycles. The van der Waals surface area contributed by atoms with Crippen LogP contribution in [-0.4, -0.2) is 15.1 Å². The first-order valence-electron chi connectivity index (χ1n) is 5.33. The summed E-state index contributed by atoms with van der Waals surface area (Å²) in [5.74, 6) is 0.265. The Morgan fingerprint density at radius 1 is 1.20 bits per heavy atom. The van der Waals surface area contributed by atoms with Gasteiger partial charge in [-0.15, -0.1) is 0 Å². The third kappa shape index (κ3) is 1.37. The summed E-state index contributed by atoms with van der Waals surface area (Å²) in [5, 5.41) is 10.2. The molecule has 3 heteroatoms. The normalized spacial score (nSPS) is 24.9. The lowest BCUT2D eigenvalue weighted by Gasteiger charge is -2.11. The van der Waals surface area contributed by atoms with E-state index in [2.05, 4.69) is 37.7 Å². The molecule has 0 aliphatic heterocycles. The van der Waals surface area contributed by atoms with Gasteiger partial charge in [-0.25, -0.2) is 0 Å². The van der Waals surface area contributed by atoms with Crippen LogP contribution in [0.3, 0.4) is 0 Å². The van der Waals surface area contributed by atoms with Crippen LogP contribution in [0.2, 0.25) is 0 Å². The minimum Gasteiger partial charge on any atom is -0.386 e. The lowest BCUT2D eigenvalue weighted by molar-refractivity contribution is 0.126. The summed E-state index contributed by atoms with van der Waals surface area (Å²) in [4.78, 5) is 8.15. The van der Waals surface area contributed by atoms with Crippen molar-refractivity contribution in [2.24, 2.45) is 16.7 Å². The highest BCUT2D eigenvalue weighted by Gasteiger charge is 2.67. The Morgan fingerprint density at radius 3 is 2.20 bits per heavy atom. The Hall–Kier alpha value is -0.960. The van der Waals surface area contributed by atoms with E-state index in [0.29, 0.717) is 5.69 Å². The molecule has 1 heterocycles. The van der Waals surface area contributed by atoms with Gasteiger partial charge in [-0.05, 0) is 10.8 Å². The van der Waals surface area contributed by atoms with Gasteiger partial charge in [0.2, 0.25) is 0 Å². The molecular formula is C12H18N2O. The summed E-state index contributed by atoms with van der Waals surface area (Å²) in [6, 6.07) is 0. The monoisotopic (exact) mass is 206 g/mol. The van der Waals surface area contributed by atoms with Crippen LogP contribution in [0.1, 0.15) is 39.5 Å². The van der Waals surface area contributed by atoms with Gasteiger partial charge in [0.05, 0.1) is 11.9 Å². The van der Waals surface area contributed by atoms with Crippen molar-refractivity contribution in [2.75, 3.05) is 0 Å². The maximum Gasteiger partial charge on any atom is 0.101 e. The average Bonchev–Trinajstić information content (AvgIpc) is 2.58. The van der Waals surface area contributed by atoms with Crippen LogP contribution in [0.5, 0.6) is 0 Å². The van der Waals surface area contributed by atoms with Gasteiger partial charge in [0.15, 0.2) is 0 Å². The second-order valence-electron chi connectivity index (χ2n) is 5.50. The quantitative estimate of drug-likeness (QED) is 0.806. The van der Waals surface area contributed by atoms with E-state index >= 15 is 0 Å². The molecule has 0 spiro atoms. The summed E-state index contributed by atoms with van der Waals surface area (Å²) in [5.41, 5.74) is 1.02. The molecule has 1 aliphatic rings. The zero-order valence-electron chi connectivity index (χ0n) is 9.73. The number of hydrogen-bond donors (Lipinski definition) is 1. The molecular weight excluding hydrogens is 188 g/mol. The van der Waals surface area contributed by atoms with Gasteiger partial charge >= 0.3 is 0 Å². The maximum absolute atomic E-state index is 10.2. The fraction of sp³-hybridized carbons (Fsp3) is 0.667. The van der Waals surface area contributed by atoms with Crippen LogP contribution >= 0.6 is 0 Å². The molecule has 2 rings (SSSR count). The van der Waals surface area contributed by atoms with Gasteiger partial charge in [-0.3, -0.25) is 9.97 Å². The minimum atomic E-state index is -0.497. The lowest BCUT2D eigenvalue weighted by atomic mass is 10.0. The Bertz CT molecular complexity index is 345. The third-order valence-electron chi connectivity index (χ3n) is 4.33. The van der Waals surface area contributed by atoms with E-state index < -0.39 is 6.10 Å². The first kappa shape index (κ1) is 10.6. The molecule has 0 aromatic carbocycles. The van der Waals surface area contributed by atoms with Gasteiger partial charge in [-0.2, -0.15) is 0 Å². The largest absolute Gasteiger partial charge is 0.386 e. The highest BCUT2D eigenvalue weighted by atomic mass is 16.3. The van der Waals surface area contributed by atoms with Gasteiger partial charge in [0.25, 0.3) is 0 Å². The fourth-order valence-corrected chi connectivity index (χ4v) is 2.67. The Labute approximate surface area is 90.6 Å². The number of aromatic nitrogens is 2. The molecule has 3 nitrogen and oxygen atoms in total. The number of aliphatic hydroxyl groups excluding tert-OH is 1. The number of hydrogen-bond acceptors (Lipinski definition) is 3. The number of aliphatic hydroxyl groups is 1. The van der Waals surface area contributed by atoms with Crippen LogP contribution in [0, 0.1) is 16.7 Å². The first-order valence-corrected chi connectivity index (χ1v) is 5.33. The molecule has 0 bridgehead atoms. The molecule has 1 fully saturated rings. The van der Waals surface area contributed by atoms with Crippen LogP contribution in [0.25, 0.3) is 0 Å². The molecule has 1 aromatic heterocycles. The molecule has 0 radical (unpaired) electrons. The van der Waals surface area contributed by atoms with Gasteiger partial charge in [-0.1, -0.05) is 27.7 Å². The standard InChI is InChI=1S/C12H18N2O/c1-11(2)10(12(11,3)4)9(15)8-7-13-5-6-14-8/h5-7,9-10,15H,1-4H3. The van der Waals surface area contributed by atoms with Crippen LogP contribution < -0.4 is 0 Å². The van der Waals surface area contributed by atoms with Crippen LogP contribution in [0.15, 0.2) is 18.6 Å². The molecule has 1 atom stereocenters. The SMILES string of the molecule is CC1(C)C(C(O)c2cnccn2)C1(C)C. The second-order valence-corrected chi connectivity index (χ2v) is 5.50. The van der Waals surface area contributed by atoms with E-state index in [1.807, 2.05) is 0 Å². The molecule has 1 saturated carbocycles. The zero-order valence-corrected chi connectivity index (χ0v) is 9.73. The molecule has 15 heavy (non-hydrogen) atoms. The Kier molecular flexibility index (Phi) is 2.12. The first-order chi connectivity index (χ1) is 6.89. The molecule has 82 valence electrons. The molecule has 0 amide bonds. The predicted molar refractivity (Wildman–Crippen MR) is 58.0 cm³/mol. The number of rotatable bonds is 2. The van der Waals surface area contributed by atoms with Crippen LogP contribution in [-0.2, 0) is 0 Å². The zero-order chi connectivity index (χ0) is 11.3. The average molecular weight is 206 g/mol. The highest BCUT2D eigenvalue weighted by molar-refractivity contribution is 5.19. The van der Waals surface area contributed by atoms with Gasteiger partial charge < -0.3 is 5.11 Å². The van der Waals surface area contributed by atoms with Crippen LogP contribution in [0.4, 0.5) is 0 Å². The predicted octanol–water partition coefficient (Wildman–Crippen LogP) is 2.19. The van der Waals surface area contributed by atoms with E-state index in [1.54, 1.807) is 18.6 Å². The lowest BCUT2D eigenvalue weighted by Crippen LogP contribution is -2.07. The smallest absolute Gasteiger partial charge is 0.101 e. The summed E-state index contributed by atoms with van der Waals surface area (Å²) >= 11 is 0. The molecule has 1 unspecified atom stereocenters. The maximum atomic E-state index is 10.2. The van der Waals surface area contributed by atoms with Crippen molar-refractivity contribution in [1.82, 2.24) is 9.97 Å². The topological polar surface area (TPSA) is 46.0 Å².